The fourth-order valence-electron chi connectivity index (χ4n) is 8.80. The Hall–Kier alpha value is -7.22. The van der Waals surface area contributed by atoms with Crippen LogP contribution in [-0.2, 0) is 0 Å². The minimum absolute atomic E-state index is 1.12. The van der Waals surface area contributed by atoms with Crippen LogP contribution in [0.3, 0.4) is 0 Å². The first-order valence-electron chi connectivity index (χ1n) is 19.0. The third-order valence-corrected chi connectivity index (χ3v) is 11.4. The summed E-state index contributed by atoms with van der Waals surface area (Å²) in [6, 6.07) is 73.1. The fraction of sp³-hybridized carbons (Fsp3) is 0. The molecule has 1 nitrogen and oxygen atoms in total. The van der Waals surface area contributed by atoms with E-state index in [4.69, 9.17) is 0 Å². The van der Waals surface area contributed by atoms with Crippen molar-refractivity contribution in [3.05, 3.63) is 211 Å². The van der Waals surface area contributed by atoms with Crippen molar-refractivity contribution >= 4 is 93.8 Å². The van der Waals surface area contributed by atoms with Crippen molar-refractivity contribution in [2.75, 3.05) is 4.90 Å². The average molecular weight is 698 g/mol. The van der Waals surface area contributed by atoms with Crippen LogP contribution in [0, 0.1) is 0 Å². The van der Waals surface area contributed by atoms with Crippen LogP contribution in [0.15, 0.2) is 200 Å². The minimum atomic E-state index is 1.12. The van der Waals surface area contributed by atoms with Crippen LogP contribution in [-0.4, -0.2) is 0 Å². The predicted octanol–water partition coefficient (Wildman–Crippen LogP) is 15.4. The van der Waals surface area contributed by atoms with Crippen molar-refractivity contribution in [2.24, 2.45) is 0 Å². The second kappa shape index (κ2) is 12.7. The molecule has 0 bridgehead atoms. The third-order valence-electron chi connectivity index (χ3n) is 11.4. The summed E-state index contributed by atoms with van der Waals surface area (Å²) in [5, 5.41) is 15.5. The lowest BCUT2D eigenvalue weighted by atomic mass is 9.88. The van der Waals surface area contributed by atoms with Gasteiger partial charge in [-0.05, 0) is 100 Å². The lowest BCUT2D eigenvalue weighted by Crippen LogP contribution is -2.11. The summed E-state index contributed by atoms with van der Waals surface area (Å²) in [6.45, 7) is 0. The quantitative estimate of drug-likeness (QED) is 0.0950. The van der Waals surface area contributed by atoms with E-state index in [1.165, 1.54) is 86.9 Å². The highest BCUT2D eigenvalue weighted by atomic mass is 15.1. The van der Waals surface area contributed by atoms with E-state index in [0.717, 1.165) is 17.1 Å². The number of rotatable bonds is 6. The standard InChI is InChI=1S/C54H35N/c1-3-16-44-39(10-1)12-7-22-51(44)55(52-23-8-13-40-11-2-4-17-45(40)52)43-33-30-38(31-34-43)37-27-24-36(25-28-37)26-29-41-32-35-50-48-20-6-15-42-14-5-19-47(53(42)48)49-21-9-18-46(41)54(49)50/h1-35H/b29-26-. The average Bonchev–Trinajstić information content (AvgIpc) is 3.25. The maximum atomic E-state index is 2.41. The maximum Gasteiger partial charge on any atom is 0.0540 e. The largest absolute Gasteiger partial charge is 0.309 e. The van der Waals surface area contributed by atoms with Crippen LogP contribution in [0.2, 0.25) is 0 Å². The molecule has 11 aromatic rings. The number of fused-ring (bicyclic) bond motifs is 4. The molecule has 0 N–H and O–H groups in total. The Morgan fingerprint density at radius 3 is 1.38 bits per heavy atom. The molecule has 55 heavy (non-hydrogen) atoms. The maximum absolute atomic E-state index is 2.41. The van der Waals surface area contributed by atoms with Gasteiger partial charge in [0.05, 0.1) is 11.4 Å². The molecule has 0 radical (unpaired) electrons. The van der Waals surface area contributed by atoms with Crippen molar-refractivity contribution < 1.29 is 0 Å². The van der Waals surface area contributed by atoms with Gasteiger partial charge in [0.15, 0.2) is 0 Å². The van der Waals surface area contributed by atoms with E-state index in [0.29, 0.717) is 0 Å². The SMILES string of the molecule is C(=C/c1ccc2c3cccc4cccc(c5cccc1c52)c43)/c1ccc(-c2ccc(N(c3cccc4ccccc34)c3cccc4ccccc34)cc2)cc1. The monoisotopic (exact) mass is 697 g/mol. The first kappa shape index (κ1) is 31.3. The molecule has 0 saturated heterocycles. The molecule has 0 spiro atoms. The first-order valence-corrected chi connectivity index (χ1v) is 19.0. The summed E-state index contributed by atoms with van der Waals surface area (Å²) >= 11 is 0. The molecular formula is C54H35N. The molecule has 0 heterocycles. The van der Waals surface area contributed by atoms with Gasteiger partial charge in [-0.15, -0.1) is 0 Å². The zero-order valence-electron chi connectivity index (χ0n) is 30.2. The number of benzene rings is 11. The normalized spacial score (nSPS) is 11.9. The van der Waals surface area contributed by atoms with Crippen LogP contribution in [0.5, 0.6) is 0 Å². The Bertz CT molecular complexity index is 3100. The first-order chi connectivity index (χ1) is 27.3. The molecule has 0 aliphatic heterocycles. The summed E-state index contributed by atoms with van der Waals surface area (Å²) in [4.78, 5) is 2.41. The molecule has 256 valence electrons. The van der Waals surface area contributed by atoms with Gasteiger partial charge in [-0.25, -0.2) is 0 Å². The van der Waals surface area contributed by atoms with Crippen molar-refractivity contribution in [3.63, 3.8) is 0 Å². The zero-order chi connectivity index (χ0) is 36.3. The predicted molar refractivity (Wildman–Crippen MR) is 238 cm³/mol. The fourth-order valence-corrected chi connectivity index (χ4v) is 8.80. The van der Waals surface area contributed by atoms with Gasteiger partial charge in [0.2, 0.25) is 0 Å². The van der Waals surface area contributed by atoms with Crippen molar-refractivity contribution in [1.29, 1.82) is 0 Å². The van der Waals surface area contributed by atoms with Gasteiger partial charge < -0.3 is 4.90 Å². The molecular weight excluding hydrogens is 663 g/mol. The van der Waals surface area contributed by atoms with Crippen LogP contribution >= 0.6 is 0 Å². The van der Waals surface area contributed by atoms with Crippen molar-refractivity contribution in [1.82, 2.24) is 0 Å². The van der Waals surface area contributed by atoms with Crippen molar-refractivity contribution in [3.8, 4) is 11.1 Å². The molecule has 1 heteroatoms. The highest BCUT2D eigenvalue weighted by Crippen LogP contribution is 2.43. The Labute approximate surface area is 320 Å². The second-order valence-electron chi connectivity index (χ2n) is 14.5. The number of hydrogen-bond acceptors (Lipinski definition) is 1. The van der Waals surface area contributed by atoms with Gasteiger partial charge in [0.1, 0.15) is 0 Å². The number of hydrogen-bond donors (Lipinski definition) is 0. The van der Waals surface area contributed by atoms with E-state index in [9.17, 15) is 0 Å². The van der Waals surface area contributed by atoms with E-state index in [1.54, 1.807) is 0 Å². The molecule has 0 aliphatic carbocycles. The van der Waals surface area contributed by atoms with Gasteiger partial charge >= 0.3 is 0 Å². The lowest BCUT2D eigenvalue weighted by Gasteiger charge is -2.28. The Morgan fingerprint density at radius 1 is 0.291 bits per heavy atom. The molecule has 11 aromatic carbocycles. The third kappa shape index (κ3) is 5.16. The number of anilines is 3. The minimum Gasteiger partial charge on any atom is -0.309 e. The lowest BCUT2D eigenvalue weighted by molar-refractivity contribution is 1.31. The van der Waals surface area contributed by atoms with Gasteiger partial charge in [-0.2, -0.15) is 0 Å². The van der Waals surface area contributed by atoms with E-state index in [2.05, 4.69) is 217 Å². The molecule has 0 atom stereocenters. The summed E-state index contributed by atoms with van der Waals surface area (Å²) in [5.41, 5.74) is 8.24. The molecule has 0 amide bonds. The van der Waals surface area contributed by atoms with Gasteiger partial charge in [-0.3, -0.25) is 0 Å². The Balaban J connectivity index is 0.930. The van der Waals surface area contributed by atoms with E-state index in [-0.39, 0.29) is 0 Å². The molecule has 0 aliphatic rings. The highest BCUT2D eigenvalue weighted by Gasteiger charge is 2.18. The van der Waals surface area contributed by atoms with Crippen LogP contribution in [0.25, 0.3) is 87.9 Å². The molecule has 0 aromatic heterocycles. The molecule has 0 saturated carbocycles. The van der Waals surface area contributed by atoms with Crippen LogP contribution in [0.1, 0.15) is 11.1 Å². The second-order valence-corrected chi connectivity index (χ2v) is 14.5. The summed E-state index contributed by atoms with van der Waals surface area (Å²) in [7, 11) is 0. The highest BCUT2D eigenvalue weighted by molar-refractivity contribution is 6.33. The smallest absolute Gasteiger partial charge is 0.0540 e. The summed E-state index contributed by atoms with van der Waals surface area (Å²) in [6.07, 6.45) is 4.50. The summed E-state index contributed by atoms with van der Waals surface area (Å²) in [5.74, 6) is 0. The molecule has 0 fully saturated rings. The topological polar surface area (TPSA) is 3.24 Å². The summed E-state index contributed by atoms with van der Waals surface area (Å²) < 4.78 is 0. The zero-order valence-corrected chi connectivity index (χ0v) is 30.2. The van der Waals surface area contributed by atoms with Gasteiger partial charge in [0, 0.05) is 16.5 Å². The molecule has 11 rings (SSSR count). The van der Waals surface area contributed by atoms with Crippen molar-refractivity contribution in [2.45, 2.75) is 0 Å². The van der Waals surface area contributed by atoms with E-state index in [1.807, 2.05) is 0 Å². The Morgan fingerprint density at radius 2 is 0.745 bits per heavy atom. The van der Waals surface area contributed by atoms with Gasteiger partial charge in [0.25, 0.3) is 0 Å². The Kier molecular flexibility index (Phi) is 7.25. The van der Waals surface area contributed by atoms with E-state index >= 15 is 0 Å². The number of nitrogens with zero attached hydrogens (tertiary/aromatic N) is 1. The van der Waals surface area contributed by atoms with Crippen LogP contribution < -0.4 is 4.90 Å². The van der Waals surface area contributed by atoms with E-state index < -0.39 is 0 Å². The van der Waals surface area contributed by atoms with Gasteiger partial charge in [-0.1, -0.05) is 188 Å². The molecule has 0 unspecified atom stereocenters. The van der Waals surface area contributed by atoms with Crippen LogP contribution in [0.4, 0.5) is 17.1 Å².